The monoisotopic (exact) mass is 390 g/mol. The summed E-state index contributed by atoms with van der Waals surface area (Å²) < 4.78 is 16.8. The van der Waals surface area contributed by atoms with Crippen LogP contribution in [0.5, 0.6) is 0 Å². The molecule has 28 heavy (non-hydrogen) atoms. The highest BCUT2D eigenvalue weighted by Gasteiger charge is 2.38. The molecule has 1 aromatic heterocycles. The summed E-state index contributed by atoms with van der Waals surface area (Å²) in [5.74, 6) is -2.33. The number of aromatic carboxylic acids is 1. The lowest BCUT2D eigenvalue weighted by Crippen LogP contribution is -2.28. The van der Waals surface area contributed by atoms with Gasteiger partial charge >= 0.3 is 11.7 Å². The van der Waals surface area contributed by atoms with Crippen LogP contribution in [0.1, 0.15) is 41.2 Å². The number of halogens is 1. The second kappa shape index (κ2) is 6.26. The number of hydrogen-bond donors (Lipinski definition) is 2. The summed E-state index contributed by atoms with van der Waals surface area (Å²) in [6.07, 6.45) is 3.12. The van der Waals surface area contributed by atoms with Gasteiger partial charge in [-0.2, -0.15) is 0 Å². The van der Waals surface area contributed by atoms with E-state index in [1.807, 2.05) is 0 Å². The third kappa shape index (κ3) is 2.63. The van der Waals surface area contributed by atoms with E-state index in [0.717, 1.165) is 6.20 Å². The number of hydrogen-bond acceptors (Lipinski definition) is 6. The Balaban J connectivity index is 2.18. The molecule has 1 saturated heterocycles. The molecule has 2 fully saturated rings. The van der Waals surface area contributed by atoms with Gasteiger partial charge in [0.1, 0.15) is 11.1 Å². The molecule has 0 bridgehead atoms. The number of nitro groups is 1. The van der Waals surface area contributed by atoms with E-state index in [1.165, 1.54) is 16.4 Å². The number of anilines is 1. The van der Waals surface area contributed by atoms with Crippen LogP contribution in [0.3, 0.4) is 0 Å². The summed E-state index contributed by atoms with van der Waals surface area (Å²) in [6, 6.07) is -0.381. The fourth-order valence-electron chi connectivity index (χ4n) is 3.97. The van der Waals surface area contributed by atoms with E-state index in [4.69, 9.17) is 5.73 Å². The Morgan fingerprint density at radius 1 is 1.39 bits per heavy atom. The lowest BCUT2D eigenvalue weighted by molar-refractivity contribution is -0.382. The predicted octanol–water partition coefficient (Wildman–Crippen LogP) is 1.93. The summed E-state index contributed by atoms with van der Waals surface area (Å²) in [6.45, 7) is 1.99. The van der Waals surface area contributed by atoms with Gasteiger partial charge in [-0.3, -0.25) is 14.9 Å². The topological polar surface area (TPSA) is 132 Å². The van der Waals surface area contributed by atoms with E-state index in [0.29, 0.717) is 25.8 Å². The molecule has 1 unspecified atom stereocenters. The van der Waals surface area contributed by atoms with E-state index in [-0.39, 0.29) is 40.8 Å². The first-order chi connectivity index (χ1) is 13.2. The zero-order valence-electron chi connectivity index (χ0n) is 15.1. The number of aromatic nitrogens is 1. The highest BCUT2D eigenvalue weighted by molar-refractivity contribution is 6.00. The molecule has 1 aliphatic carbocycles. The zero-order chi connectivity index (χ0) is 20.3. The van der Waals surface area contributed by atoms with Crippen LogP contribution in [0.25, 0.3) is 10.9 Å². The molecule has 2 heterocycles. The first-order valence-corrected chi connectivity index (χ1v) is 9.01. The van der Waals surface area contributed by atoms with Gasteiger partial charge in [-0.15, -0.1) is 0 Å². The molecule has 1 aliphatic heterocycles. The van der Waals surface area contributed by atoms with Crippen molar-refractivity contribution in [2.24, 2.45) is 5.73 Å². The van der Waals surface area contributed by atoms with Crippen molar-refractivity contribution in [3.8, 4) is 0 Å². The molecular weight excluding hydrogens is 371 g/mol. The van der Waals surface area contributed by atoms with Gasteiger partial charge < -0.3 is 20.3 Å². The molecule has 4 rings (SSSR count). The summed E-state index contributed by atoms with van der Waals surface area (Å²) >= 11 is 0. The van der Waals surface area contributed by atoms with Gasteiger partial charge in [-0.05, 0) is 26.2 Å². The number of rotatable bonds is 4. The van der Waals surface area contributed by atoms with Crippen molar-refractivity contribution in [3.05, 3.63) is 43.5 Å². The predicted molar refractivity (Wildman–Crippen MR) is 99.6 cm³/mol. The fourth-order valence-corrected chi connectivity index (χ4v) is 3.97. The molecule has 3 N–H and O–H groups in total. The normalized spacial score (nSPS) is 19.4. The third-order valence-corrected chi connectivity index (χ3v) is 5.49. The summed E-state index contributed by atoms with van der Waals surface area (Å²) in [5.41, 5.74) is 3.68. The number of nitrogens with two attached hydrogens (primary N) is 1. The smallest absolute Gasteiger partial charge is 0.341 e. The molecule has 0 radical (unpaired) electrons. The van der Waals surface area contributed by atoms with E-state index in [1.54, 1.807) is 0 Å². The number of carbonyl (C=O) groups is 1. The summed E-state index contributed by atoms with van der Waals surface area (Å²) in [5, 5.41) is 21.1. The molecule has 2 aliphatic rings. The van der Waals surface area contributed by atoms with Gasteiger partial charge in [0.2, 0.25) is 5.43 Å². The van der Waals surface area contributed by atoms with Crippen molar-refractivity contribution in [2.75, 3.05) is 18.0 Å². The Bertz CT molecular complexity index is 1090. The molecule has 10 heteroatoms. The first kappa shape index (κ1) is 18.4. The highest BCUT2D eigenvalue weighted by atomic mass is 19.1. The van der Waals surface area contributed by atoms with Crippen LogP contribution in [-0.4, -0.2) is 39.7 Å². The Morgan fingerprint density at radius 2 is 2.07 bits per heavy atom. The zero-order valence-corrected chi connectivity index (χ0v) is 15.1. The van der Waals surface area contributed by atoms with Crippen molar-refractivity contribution in [1.29, 1.82) is 0 Å². The molecular formula is C18H19FN4O5. The maximum Gasteiger partial charge on any atom is 0.341 e. The molecule has 0 amide bonds. The van der Waals surface area contributed by atoms with Crippen LogP contribution >= 0.6 is 0 Å². The van der Waals surface area contributed by atoms with Crippen molar-refractivity contribution in [3.63, 3.8) is 0 Å². The number of fused-ring (bicyclic) bond motifs is 1. The first-order valence-electron chi connectivity index (χ1n) is 9.01. The third-order valence-electron chi connectivity index (χ3n) is 5.49. The van der Waals surface area contributed by atoms with Gasteiger partial charge in [0, 0.05) is 36.9 Å². The highest BCUT2D eigenvalue weighted by Crippen LogP contribution is 2.45. The maximum absolute atomic E-state index is 15.3. The second-order valence-corrected chi connectivity index (χ2v) is 7.43. The van der Waals surface area contributed by atoms with Gasteiger partial charge in [-0.1, -0.05) is 0 Å². The Hall–Kier alpha value is -3.01. The second-order valence-electron chi connectivity index (χ2n) is 7.43. The van der Waals surface area contributed by atoms with E-state index in [9.17, 15) is 24.8 Å². The average Bonchev–Trinajstić information content (AvgIpc) is 3.38. The Morgan fingerprint density at radius 3 is 2.57 bits per heavy atom. The quantitative estimate of drug-likeness (QED) is 0.602. The van der Waals surface area contributed by atoms with Crippen molar-refractivity contribution in [2.45, 2.75) is 38.3 Å². The minimum absolute atomic E-state index is 0.0168. The fraction of sp³-hybridized carbons (Fsp3) is 0.444. The SMILES string of the molecule is Cc1c(F)c(N2CCC(N)C2)c([N+](=O)[O-])c2c1c(=O)c(C(=O)O)cn2C1CC1. The van der Waals surface area contributed by atoms with E-state index >= 15 is 4.39 Å². The van der Waals surface area contributed by atoms with Crippen LogP contribution in [0.4, 0.5) is 15.8 Å². The molecule has 2 aromatic rings. The van der Waals surface area contributed by atoms with Gasteiger partial charge in [0.15, 0.2) is 11.5 Å². The molecule has 1 aromatic carbocycles. The number of carboxylic acids is 1. The van der Waals surface area contributed by atoms with E-state index in [2.05, 4.69) is 0 Å². The van der Waals surface area contributed by atoms with Crippen LogP contribution in [0, 0.1) is 22.9 Å². The van der Waals surface area contributed by atoms with E-state index < -0.39 is 33.4 Å². The van der Waals surface area contributed by atoms with Crippen molar-refractivity contribution >= 4 is 28.2 Å². The van der Waals surface area contributed by atoms with Crippen LogP contribution in [0.2, 0.25) is 0 Å². The number of nitrogens with zero attached hydrogens (tertiary/aromatic N) is 3. The minimum Gasteiger partial charge on any atom is -0.477 e. The van der Waals surface area contributed by atoms with Crippen molar-refractivity contribution < 1.29 is 19.2 Å². The minimum atomic E-state index is -1.45. The average molecular weight is 390 g/mol. The molecule has 9 nitrogen and oxygen atoms in total. The van der Waals surface area contributed by atoms with Gasteiger partial charge in [0.05, 0.1) is 10.3 Å². The van der Waals surface area contributed by atoms with Gasteiger partial charge in [0.25, 0.3) is 0 Å². The Labute approximate surface area is 158 Å². The number of pyridine rings is 1. The number of carboxylic acid groups (broad SMARTS) is 1. The molecule has 1 saturated carbocycles. The molecule has 148 valence electrons. The van der Waals surface area contributed by atoms with Crippen LogP contribution < -0.4 is 16.1 Å². The van der Waals surface area contributed by atoms with Gasteiger partial charge in [-0.25, -0.2) is 9.18 Å². The number of aryl methyl sites for hydroxylation is 1. The largest absolute Gasteiger partial charge is 0.477 e. The standard InChI is InChI=1S/C18H19FN4O5/c1-8-12-14(22(10-2-3-10)7-11(17(12)24)18(25)26)16(23(27)28)15(13(8)19)21-5-4-9(20)6-21/h7,9-10H,2-6,20H2,1H3,(H,25,26). The van der Waals surface area contributed by atoms with Crippen molar-refractivity contribution in [1.82, 2.24) is 4.57 Å². The number of benzene rings is 1. The maximum atomic E-state index is 15.3. The Kier molecular flexibility index (Phi) is 4.11. The molecule has 1 atom stereocenters. The van der Waals surface area contributed by atoms with Crippen LogP contribution in [-0.2, 0) is 0 Å². The number of nitro benzene ring substituents is 1. The lowest BCUT2D eigenvalue weighted by Gasteiger charge is -2.22. The summed E-state index contributed by atoms with van der Waals surface area (Å²) in [7, 11) is 0. The summed E-state index contributed by atoms with van der Waals surface area (Å²) in [4.78, 5) is 37.2. The molecule has 0 spiro atoms. The lowest BCUT2D eigenvalue weighted by atomic mass is 10.0. The van der Waals surface area contributed by atoms with Crippen LogP contribution in [0.15, 0.2) is 11.0 Å².